The average molecular weight is 369 g/mol. The van der Waals surface area contributed by atoms with Gasteiger partial charge >= 0.3 is 0 Å². The molecule has 2 aromatic rings. The first-order valence-electron chi connectivity index (χ1n) is 5.81. The van der Waals surface area contributed by atoms with Crippen LogP contribution in [0.3, 0.4) is 0 Å². The van der Waals surface area contributed by atoms with Gasteiger partial charge in [-0.25, -0.2) is 4.39 Å². The third kappa shape index (κ3) is 3.32. The van der Waals surface area contributed by atoms with E-state index in [1.54, 1.807) is 0 Å². The molecule has 0 aliphatic heterocycles. The topological polar surface area (TPSA) is 29.1 Å². The van der Waals surface area contributed by atoms with Crippen LogP contribution in [0.2, 0.25) is 0 Å². The highest BCUT2D eigenvalue weighted by Crippen LogP contribution is 2.18. The molecular formula is C15H13FINO. The zero-order valence-electron chi connectivity index (χ0n) is 10.6. The summed E-state index contributed by atoms with van der Waals surface area (Å²) in [6.07, 6.45) is 0. The van der Waals surface area contributed by atoms with Gasteiger partial charge in [0.05, 0.1) is 5.56 Å². The van der Waals surface area contributed by atoms with Crippen LogP contribution in [0.5, 0.6) is 0 Å². The third-order valence-corrected chi connectivity index (χ3v) is 3.83. The lowest BCUT2D eigenvalue weighted by atomic mass is 10.1. The second-order valence-corrected chi connectivity index (χ2v) is 5.54. The quantitative estimate of drug-likeness (QED) is 0.786. The van der Waals surface area contributed by atoms with Crippen LogP contribution >= 0.6 is 22.6 Å². The highest BCUT2D eigenvalue weighted by Gasteiger charge is 2.11. The fraction of sp³-hybridized carbons (Fsp3) is 0.133. The van der Waals surface area contributed by atoms with Crippen LogP contribution in [-0.4, -0.2) is 5.91 Å². The monoisotopic (exact) mass is 369 g/mol. The number of halogens is 2. The molecule has 1 amide bonds. The second kappa shape index (κ2) is 5.69. The van der Waals surface area contributed by atoms with Gasteiger partial charge in [0.15, 0.2) is 0 Å². The van der Waals surface area contributed by atoms with E-state index in [1.165, 1.54) is 23.8 Å². The minimum Gasteiger partial charge on any atom is -0.322 e. The number of amides is 1. The summed E-state index contributed by atoms with van der Waals surface area (Å²) in [7, 11) is 0. The second-order valence-electron chi connectivity index (χ2n) is 4.38. The molecule has 0 aromatic heterocycles. The van der Waals surface area contributed by atoms with Crippen molar-refractivity contribution >= 4 is 34.2 Å². The molecule has 0 saturated heterocycles. The molecule has 0 unspecified atom stereocenters. The van der Waals surface area contributed by atoms with Gasteiger partial charge in [-0.3, -0.25) is 4.79 Å². The highest BCUT2D eigenvalue weighted by molar-refractivity contribution is 14.1. The van der Waals surface area contributed by atoms with E-state index in [2.05, 4.69) is 5.32 Å². The van der Waals surface area contributed by atoms with E-state index in [1.807, 2.05) is 54.6 Å². The van der Waals surface area contributed by atoms with Gasteiger partial charge in [-0.2, -0.15) is 0 Å². The molecule has 2 rings (SSSR count). The van der Waals surface area contributed by atoms with Crippen LogP contribution in [0.15, 0.2) is 36.4 Å². The maximum Gasteiger partial charge on any atom is 0.256 e. The number of nitrogens with one attached hydrogen (secondary N) is 1. The highest BCUT2D eigenvalue weighted by atomic mass is 127. The van der Waals surface area contributed by atoms with Crippen molar-refractivity contribution in [3.05, 3.63) is 62.5 Å². The molecule has 19 heavy (non-hydrogen) atoms. The predicted molar refractivity (Wildman–Crippen MR) is 83.0 cm³/mol. The summed E-state index contributed by atoms with van der Waals surface area (Å²) >= 11 is 1.96. The molecule has 4 heteroatoms. The number of carbonyl (C=O) groups excluding carboxylic acids is 1. The minimum absolute atomic E-state index is 0.229. The van der Waals surface area contributed by atoms with Crippen LogP contribution in [-0.2, 0) is 0 Å². The summed E-state index contributed by atoms with van der Waals surface area (Å²) in [6, 6.07) is 9.86. The Morgan fingerprint density at radius 1 is 1.11 bits per heavy atom. The summed E-state index contributed by atoms with van der Waals surface area (Å²) in [6.45, 7) is 4.01. The number of hydrogen-bond acceptors (Lipinski definition) is 1. The van der Waals surface area contributed by atoms with Crippen molar-refractivity contribution in [2.45, 2.75) is 13.8 Å². The van der Waals surface area contributed by atoms with E-state index >= 15 is 0 Å². The number of hydrogen-bond donors (Lipinski definition) is 1. The predicted octanol–water partition coefficient (Wildman–Crippen LogP) is 4.30. The summed E-state index contributed by atoms with van der Waals surface area (Å²) in [5.41, 5.74) is 3.51. The number of aryl methyl sites for hydroxylation is 2. The average Bonchev–Trinajstić information content (AvgIpc) is 2.33. The zero-order chi connectivity index (χ0) is 14.0. The fourth-order valence-electron chi connectivity index (χ4n) is 1.69. The molecule has 98 valence electrons. The maximum atomic E-state index is 13.0. The Morgan fingerprint density at radius 2 is 1.84 bits per heavy atom. The van der Waals surface area contributed by atoms with Gasteiger partial charge in [0, 0.05) is 9.26 Å². The van der Waals surface area contributed by atoms with Gasteiger partial charge in [-0.15, -0.1) is 0 Å². The van der Waals surface area contributed by atoms with Crippen molar-refractivity contribution in [1.29, 1.82) is 0 Å². The van der Waals surface area contributed by atoms with E-state index in [9.17, 15) is 9.18 Å². The van der Waals surface area contributed by atoms with Crippen molar-refractivity contribution in [2.24, 2.45) is 0 Å². The van der Waals surface area contributed by atoms with E-state index < -0.39 is 0 Å². The standard InChI is InChI=1S/C15H13FINO/c1-9-3-5-12(7-10(9)2)18-15(19)13-6-4-11(16)8-14(13)17/h3-8H,1-2H3,(H,18,19). The van der Waals surface area contributed by atoms with E-state index in [-0.39, 0.29) is 11.7 Å². The fourth-order valence-corrected chi connectivity index (χ4v) is 2.41. The first-order chi connectivity index (χ1) is 8.97. The van der Waals surface area contributed by atoms with Crippen LogP contribution in [0, 0.1) is 23.2 Å². The maximum absolute atomic E-state index is 13.0. The molecule has 0 spiro atoms. The van der Waals surface area contributed by atoms with Crippen molar-refractivity contribution in [3.8, 4) is 0 Å². The smallest absolute Gasteiger partial charge is 0.256 e. The van der Waals surface area contributed by atoms with Gasteiger partial charge in [-0.1, -0.05) is 6.07 Å². The van der Waals surface area contributed by atoms with E-state index in [4.69, 9.17) is 0 Å². The van der Waals surface area contributed by atoms with Crippen LogP contribution < -0.4 is 5.32 Å². The van der Waals surface area contributed by atoms with Crippen molar-refractivity contribution in [1.82, 2.24) is 0 Å². The van der Waals surface area contributed by atoms with Crippen molar-refractivity contribution in [2.75, 3.05) is 5.32 Å². The Labute approximate surface area is 125 Å². The van der Waals surface area contributed by atoms with Gasteiger partial charge in [0.1, 0.15) is 5.82 Å². The summed E-state index contributed by atoms with van der Waals surface area (Å²) in [4.78, 5) is 12.1. The molecule has 2 nitrogen and oxygen atoms in total. The summed E-state index contributed by atoms with van der Waals surface area (Å²) < 4.78 is 13.6. The lowest BCUT2D eigenvalue weighted by molar-refractivity contribution is 0.102. The summed E-state index contributed by atoms with van der Waals surface area (Å²) in [5.74, 6) is -0.570. The van der Waals surface area contributed by atoms with E-state index in [0.717, 1.165) is 11.3 Å². The minimum atomic E-state index is -0.341. The molecule has 0 atom stereocenters. The molecular weight excluding hydrogens is 356 g/mol. The molecule has 0 bridgehead atoms. The molecule has 0 aliphatic carbocycles. The summed E-state index contributed by atoms with van der Waals surface area (Å²) in [5, 5.41) is 2.82. The molecule has 0 radical (unpaired) electrons. The van der Waals surface area contributed by atoms with E-state index in [0.29, 0.717) is 9.13 Å². The molecule has 0 aliphatic rings. The van der Waals surface area contributed by atoms with Gasteiger partial charge in [0.2, 0.25) is 0 Å². The number of benzene rings is 2. The Hall–Kier alpha value is -1.43. The van der Waals surface area contributed by atoms with Gasteiger partial charge in [-0.05, 0) is 77.9 Å². The molecule has 2 aromatic carbocycles. The zero-order valence-corrected chi connectivity index (χ0v) is 12.8. The Kier molecular flexibility index (Phi) is 4.19. The van der Waals surface area contributed by atoms with Crippen molar-refractivity contribution < 1.29 is 9.18 Å². The molecule has 0 saturated carbocycles. The number of anilines is 1. The van der Waals surface area contributed by atoms with Crippen LogP contribution in [0.1, 0.15) is 21.5 Å². The Morgan fingerprint density at radius 3 is 2.47 bits per heavy atom. The molecule has 1 N–H and O–H groups in total. The normalized spacial score (nSPS) is 10.3. The molecule has 0 fully saturated rings. The molecule has 0 heterocycles. The van der Waals surface area contributed by atoms with Crippen molar-refractivity contribution in [3.63, 3.8) is 0 Å². The van der Waals surface area contributed by atoms with Gasteiger partial charge in [0.25, 0.3) is 5.91 Å². The third-order valence-electron chi connectivity index (χ3n) is 2.94. The number of rotatable bonds is 2. The Balaban J connectivity index is 2.23. The Bertz CT molecular complexity index is 640. The van der Waals surface area contributed by atoms with Crippen LogP contribution in [0.25, 0.3) is 0 Å². The lowest BCUT2D eigenvalue weighted by Gasteiger charge is -2.09. The lowest BCUT2D eigenvalue weighted by Crippen LogP contribution is -2.13. The SMILES string of the molecule is Cc1ccc(NC(=O)c2ccc(F)cc2I)cc1C. The largest absolute Gasteiger partial charge is 0.322 e. The van der Waals surface area contributed by atoms with Gasteiger partial charge < -0.3 is 5.32 Å². The first-order valence-corrected chi connectivity index (χ1v) is 6.89. The van der Waals surface area contributed by atoms with Crippen LogP contribution in [0.4, 0.5) is 10.1 Å². The first kappa shape index (κ1) is 14.0. The number of carbonyl (C=O) groups is 1.